The molecule has 2 amide bonds. The molecule has 0 aromatic heterocycles. The van der Waals surface area contributed by atoms with E-state index >= 15 is 0 Å². The molecule has 0 heterocycles. The molecular formula is C21H35N3O3. The van der Waals surface area contributed by atoms with Crippen LogP contribution in [0.15, 0.2) is 24.3 Å². The largest absolute Gasteiger partial charge is 0.508 e. The number of amides is 2. The van der Waals surface area contributed by atoms with Crippen LogP contribution in [0.5, 0.6) is 5.75 Å². The number of nitrogens with one attached hydrogen (secondary N) is 2. The molecule has 1 aromatic rings. The fraction of sp³-hybridized carbons (Fsp3) is 0.619. The van der Waals surface area contributed by atoms with E-state index in [9.17, 15) is 14.7 Å². The van der Waals surface area contributed by atoms with Crippen molar-refractivity contribution in [1.29, 1.82) is 0 Å². The Kier molecular flexibility index (Phi) is 8.93. The second-order valence-corrected chi connectivity index (χ2v) is 8.23. The van der Waals surface area contributed by atoms with E-state index in [1.807, 2.05) is 13.8 Å². The quantitative estimate of drug-likeness (QED) is 0.528. The lowest BCUT2D eigenvalue weighted by Gasteiger charge is -2.31. The second-order valence-electron chi connectivity index (χ2n) is 8.23. The Morgan fingerprint density at radius 2 is 1.44 bits per heavy atom. The van der Waals surface area contributed by atoms with Crippen LogP contribution in [0.2, 0.25) is 0 Å². The van der Waals surface area contributed by atoms with Crippen LogP contribution in [0.3, 0.4) is 0 Å². The molecule has 5 N–H and O–H groups in total. The highest BCUT2D eigenvalue weighted by Gasteiger charge is 2.28. The minimum Gasteiger partial charge on any atom is -0.508 e. The lowest BCUT2D eigenvalue weighted by molar-refractivity contribution is -0.133. The molecule has 0 aliphatic carbocycles. The second kappa shape index (κ2) is 10.4. The van der Waals surface area contributed by atoms with E-state index in [2.05, 4.69) is 38.3 Å². The monoisotopic (exact) mass is 377 g/mol. The summed E-state index contributed by atoms with van der Waals surface area (Å²) >= 11 is 0. The Bertz CT molecular complexity index is 604. The Morgan fingerprint density at radius 1 is 0.926 bits per heavy atom. The van der Waals surface area contributed by atoms with Gasteiger partial charge >= 0.3 is 0 Å². The van der Waals surface area contributed by atoms with Gasteiger partial charge in [0, 0.05) is 6.04 Å². The van der Waals surface area contributed by atoms with Gasteiger partial charge in [0.2, 0.25) is 11.8 Å². The minimum atomic E-state index is -0.728. The molecule has 6 nitrogen and oxygen atoms in total. The summed E-state index contributed by atoms with van der Waals surface area (Å²) in [6.45, 7) is 12.1. The van der Waals surface area contributed by atoms with Crippen molar-refractivity contribution in [2.24, 2.45) is 23.5 Å². The van der Waals surface area contributed by atoms with E-state index in [4.69, 9.17) is 5.73 Å². The average Bonchev–Trinajstić information content (AvgIpc) is 2.58. The van der Waals surface area contributed by atoms with Crippen LogP contribution in [0.25, 0.3) is 0 Å². The first-order valence-electron chi connectivity index (χ1n) is 9.67. The number of imide groups is 1. The van der Waals surface area contributed by atoms with Gasteiger partial charge in [0.1, 0.15) is 5.75 Å². The van der Waals surface area contributed by atoms with Crippen molar-refractivity contribution in [3.8, 4) is 5.75 Å². The van der Waals surface area contributed by atoms with Crippen LogP contribution < -0.4 is 16.4 Å². The van der Waals surface area contributed by atoms with Crippen LogP contribution in [0, 0.1) is 17.8 Å². The Labute approximate surface area is 162 Å². The highest BCUT2D eigenvalue weighted by atomic mass is 16.3. The molecule has 0 spiro atoms. The summed E-state index contributed by atoms with van der Waals surface area (Å²) in [5, 5.41) is 15.4. The van der Waals surface area contributed by atoms with E-state index in [1.54, 1.807) is 24.3 Å². The van der Waals surface area contributed by atoms with Crippen molar-refractivity contribution in [3.63, 3.8) is 0 Å². The minimum absolute atomic E-state index is 0.0552. The summed E-state index contributed by atoms with van der Waals surface area (Å²) in [5.74, 6) is -0.0653. The molecule has 1 rings (SSSR count). The number of phenolic OH excluding ortho intramolecular Hbond substituents is 1. The number of hydrogen-bond donors (Lipinski definition) is 4. The summed E-state index contributed by atoms with van der Waals surface area (Å²) in [6, 6.07) is 5.55. The number of carbonyl (C=O) groups is 2. The number of benzene rings is 1. The molecule has 0 aliphatic heterocycles. The van der Waals surface area contributed by atoms with E-state index in [0.717, 1.165) is 5.56 Å². The Morgan fingerprint density at radius 3 is 1.89 bits per heavy atom. The van der Waals surface area contributed by atoms with E-state index in [0.29, 0.717) is 18.3 Å². The summed E-state index contributed by atoms with van der Waals surface area (Å²) < 4.78 is 0. The molecule has 0 saturated carbocycles. The van der Waals surface area contributed by atoms with Crippen molar-refractivity contribution in [3.05, 3.63) is 29.8 Å². The van der Waals surface area contributed by atoms with Crippen molar-refractivity contribution in [2.75, 3.05) is 0 Å². The zero-order valence-corrected chi connectivity index (χ0v) is 17.3. The topological polar surface area (TPSA) is 104 Å². The molecule has 27 heavy (non-hydrogen) atoms. The Balaban J connectivity index is 2.99. The molecule has 152 valence electrons. The van der Waals surface area contributed by atoms with Gasteiger partial charge < -0.3 is 16.2 Å². The number of aromatic hydroxyl groups is 1. The SMILES string of the molecule is CC(C)C(N[C@@H](Cc1ccc(O)cc1)C(=O)NC(=O)[C@@H](N)C(C)C)C(C)C. The average molecular weight is 378 g/mol. The first-order valence-corrected chi connectivity index (χ1v) is 9.67. The van der Waals surface area contributed by atoms with Crippen LogP contribution in [0.4, 0.5) is 0 Å². The third-order valence-electron chi connectivity index (χ3n) is 4.79. The standard InChI is InChI=1S/C21H35N3O3/c1-12(2)18(22)21(27)24-20(26)17(23-19(13(3)4)14(5)6)11-15-7-9-16(25)10-8-15/h7-10,12-14,17-19,23,25H,11,22H2,1-6H3,(H,24,26,27)/t17-,18-/m0/s1. The summed E-state index contributed by atoms with van der Waals surface area (Å²) in [7, 11) is 0. The van der Waals surface area contributed by atoms with Gasteiger partial charge in [0.05, 0.1) is 12.1 Å². The zero-order chi connectivity index (χ0) is 20.7. The van der Waals surface area contributed by atoms with E-state index < -0.39 is 18.0 Å². The van der Waals surface area contributed by atoms with Gasteiger partial charge in [-0.1, -0.05) is 53.7 Å². The molecule has 0 fully saturated rings. The number of carbonyl (C=O) groups excluding carboxylic acids is 2. The molecule has 0 bridgehead atoms. The molecule has 0 radical (unpaired) electrons. The van der Waals surface area contributed by atoms with Gasteiger partial charge in [-0.05, 0) is 41.9 Å². The van der Waals surface area contributed by atoms with Gasteiger partial charge in [-0.15, -0.1) is 0 Å². The van der Waals surface area contributed by atoms with E-state index in [-0.39, 0.29) is 23.6 Å². The smallest absolute Gasteiger partial charge is 0.244 e. The Hall–Kier alpha value is -1.92. The highest BCUT2D eigenvalue weighted by molar-refractivity contribution is 6.00. The molecule has 0 unspecified atom stereocenters. The van der Waals surface area contributed by atoms with Crippen molar-refractivity contribution < 1.29 is 14.7 Å². The lowest BCUT2D eigenvalue weighted by Crippen LogP contribution is -2.56. The zero-order valence-electron chi connectivity index (χ0n) is 17.3. The number of phenols is 1. The predicted molar refractivity (Wildman–Crippen MR) is 108 cm³/mol. The number of nitrogens with two attached hydrogens (primary N) is 1. The van der Waals surface area contributed by atoms with Gasteiger partial charge in [0.25, 0.3) is 0 Å². The van der Waals surface area contributed by atoms with Crippen molar-refractivity contribution in [2.45, 2.75) is 66.1 Å². The normalized spacial score (nSPS) is 14.0. The van der Waals surface area contributed by atoms with Gasteiger partial charge in [0.15, 0.2) is 0 Å². The maximum Gasteiger partial charge on any atom is 0.244 e. The van der Waals surface area contributed by atoms with Crippen LogP contribution in [0.1, 0.15) is 47.1 Å². The molecule has 2 atom stereocenters. The fourth-order valence-electron chi connectivity index (χ4n) is 3.08. The molecule has 0 saturated heterocycles. The predicted octanol–water partition coefficient (Wildman–Crippen LogP) is 2.20. The maximum atomic E-state index is 12.8. The van der Waals surface area contributed by atoms with Crippen LogP contribution >= 0.6 is 0 Å². The third-order valence-corrected chi connectivity index (χ3v) is 4.79. The number of hydrogen-bond acceptors (Lipinski definition) is 5. The summed E-state index contributed by atoms with van der Waals surface area (Å²) in [5.41, 5.74) is 6.76. The first-order chi connectivity index (χ1) is 12.5. The summed E-state index contributed by atoms with van der Waals surface area (Å²) in [6.07, 6.45) is 0.409. The van der Waals surface area contributed by atoms with Gasteiger partial charge in [-0.3, -0.25) is 14.9 Å². The van der Waals surface area contributed by atoms with E-state index in [1.165, 1.54) is 0 Å². The molecular weight excluding hydrogens is 342 g/mol. The highest BCUT2D eigenvalue weighted by Crippen LogP contribution is 2.16. The fourth-order valence-corrected chi connectivity index (χ4v) is 3.08. The van der Waals surface area contributed by atoms with Crippen molar-refractivity contribution in [1.82, 2.24) is 10.6 Å². The first kappa shape index (κ1) is 23.1. The molecule has 0 aliphatic rings. The van der Waals surface area contributed by atoms with Crippen LogP contribution in [-0.4, -0.2) is 35.0 Å². The van der Waals surface area contributed by atoms with Gasteiger partial charge in [-0.2, -0.15) is 0 Å². The van der Waals surface area contributed by atoms with Gasteiger partial charge in [-0.25, -0.2) is 0 Å². The molecule has 6 heteroatoms. The number of rotatable bonds is 9. The van der Waals surface area contributed by atoms with Crippen LogP contribution in [-0.2, 0) is 16.0 Å². The summed E-state index contributed by atoms with van der Waals surface area (Å²) in [4.78, 5) is 25.1. The molecule has 1 aromatic carbocycles. The maximum absolute atomic E-state index is 12.8. The van der Waals surface area contributed by atoms with Crippen molar-refractivity contribution >= 4 is 11.8 Å². The third kappa shape index (κ3) is 7.31. The lowest BCUT2D eigenvalue weighted by atomic mass is 9.91.